The van der Waals surface area contributed by atoms with Crippen LogP contribution in [0.15, 0.2) is 42.5 Å². The maximum Gasteiger partial charge on any atom is 0.307 e. The van der Waals surface area contributed by atoms with Crippen molar-refractivity contribution in [3.8, 4) is 11.5 Å². The zero-order valence-corrected chi connectivity index (χ0v) is 15.5. The van der Waals surface area contributed by atoms with E-state index in [9.17, 15) is 14.3 Å². The number of hydrogen-bond acceptors (Lipinski definition) is 4. The van der Waals surface area contributed by atoms with Crippen LogP contribution in [-0.4, -0.2) is 43.3 Å². The predicted octanol–water partition coefficient (Wildman–Crippen LogP) is 3.73. The monoisotopic (exact) mass is 373 g/mol. The number of methoxy groups -OCH3 is 2. The second kappa shape index (κ2) is 8.39. The number of hydrogen-bond donors (Lipinski definition) is 1. The summed E-state index contributed by atoms with van der Waals surface area (Å²) < 4.78 is 25.0. The van der Waals surface area contributed by atoms with Gasteiger partial charge in [0.1, 0.15) is 5.75 Å². The Balaban J connectivity index is 2.06. The number of nitrogens with zero attached hydrogens (tertiary/aromatic N) is 1. The molecule has 1 heterocycles. The molecule has 1 saturated heterocycles. The van der Waals surface area contributed by atoms with Crippen LogP contribution in [0.1, 0.15) is 30.0 Å². The summed E-state index contributed by atoms with van der Waals surface area (Å²) in [4.78, 5) is 13.6. The number of benzene rings is 2. The van der Waals surface area contributed by atoms with Gasteiger partial charge in [-0.05, 0) is 43.1 Å². The van der Waals surface area contributed by atoms with Crippen LogP contribution in [0.2, 0.25) is 0 Å². The average molecular weight is 373 g/mol. The Morgan fingerprint density at radius 3 is 2.59 bits per heavy atom. The number of halogens is 1. The third kappa shape index (κ3) is 4.06. The zero-order valence-electron chi connectivity index (χ0n) is 15.5. The molecule has 1 aliphatic heterocycles. The first-order valence-electron chi connectivity index (χ1n) is 8.98. The van der Waals surface area contributed by atoms with Gasteiger partial charge in [-0.3, -0.25) is 9.69 Å². The SMILES string of the molecule is COc1ccc(C(c2ccccc2OC)N2CCCC(C(=O)O)C2)cc1F. The van der Waals surface area contributed by atoms with Crippen LogP contribution in [-0.2, 0) is 4.79 Å². The molecule has 6 heteroatoms. The summed E-state index contributed by atoms with van der Waals surface area (Å²) in [5.41, 5.74) is 1.62. The van der Waals surface area contributed by atoms with Gasteiger partial charge in [0, 0.05) is 12.1 Å². The van der Waals surface area contributed by atoms with Crippen molar-refractivity contribution in [2.75, 3.05) is 27.3 Å². The third-order valence-electron chi connectivity index (χ3n) is 5.09. The van der Waals surface area contributed by atoms with E-state index in [-0.39, 0.29) is 11.8 Å². The summed E-state index contributed by atoms with van der Waals surface area (Å²) in [6.45, 7) is 1.14. The molecule has 1 aliphatic rings. The quantitative estimate of drug-likeness (QED) is 0.836. The van der Waals surface area contributed by atoms with Crippen LogP contribution in [0.5, 0.6) is 11.5 Å². The van der Waals surface area contributed by atoms with Crippen molar-refractivity contribution in [3.05, 3.63) is 59.4 Å². The van der Waals surface area contributed by atoms with Crippen LogP contribution >= 0.6 is 0 Å². The molecule has 3 rings (SSSR count). The van der Waals surface area contributed by atoms with Crippen molar-refractivity contribution in [3.63, 3.8) is 0 Å². The molecule has 0 radical (unpaired) electrons. The minimum absolute atomic E-state index is 0.180. The van der Waals surface area contributed by atoms with Crippen molar-refractivity contribution < 1.29 is 23.8 Å². The molecule has 2 atom stereocenters. The van der Waals surface area contributed by atoms with E-state index in [0.29, 0.717) is 18.7 Å². The Bertz CT molecular complexity index is 811. The Kier molecular flexibility index (Phi) is 5.96. The number of ether oxygens (including phenoxy) is 2. The first kappa shape index (κ1) is 19.2. The molecule has 0 aromatic heterocycles. The van der Waals surface area contributed by atoms with Crippen LogP contribution in [0.4, 0.5) is 4.39 Å². The van der Waals surface area contributed by atoms with E-state index >= 15 is 0 Å². The Morgan fingerprint density at radius 2 is 1.93 bits per heavy atom. The van der Waals surface area contributed by atoms with Gasteiger partial charge < -0.3 is 14.6 Å². The van der Waals surface area contributed by atoms with Crippen molar-refractivity contribution in [1.29, 1.82) is 0 Å². The molecule has 1 N–H and O–H groups in total. The van der Waals surface area contributed by atoms with Crippen molar-refractivity contribution in [1.82, 2.24) is 4.90 Å². The second-order valence-electron chi connectivity index (χ2n) is 6.71. The molecule has 0 amide bonds. The van der Waals surface area contributed by atoms with E-state index in [4.69, 9.17) is 9.47 Å². The highest BCUT2D eigenvalue weighted by Crippen LogP contribution is 2.38. The van der Waals surface area contributed by atoms with E-state index < -0.39 is 17.7 Å². The Morgan fingerprint density at radius 1 is 1.19 bits per heavy atom. The Labute approximate surface area is 158 Å². The summed E-state index contributed by atoms with van der Waals surface area (Å²) in [5, 5.41) is 9.46. The van der Waals surface area contributed by atoms with Gasteiger partial charge in [0.25, 0.3) is 0 Å². The smallest absolute Gasteiger partial charge is 0.307 e. The first-order chi connectivity index (χ1) is 13.0. The normalized spacial score (nSPS) is 18.7. The molecule has 27 heavy (non-hydrogen) atoms. The van der Waals surface area contributed by atoms with E-state index in [2.05, 4.69) is 4.90 Å². The average Bonchev–Trinajstić information content (AvgIpc) is 2.69. The van der Waals surface area contributed by atoms with Crippen LogP contribution in [0, 0.1) is 11.7 Å². The molecular formula is C21H24FNO4. The number of piperidine rings is 1. The van der Waals surface area contributed by atoms with Crippen molar-refractivity contribution in [2.45, 2.75) is 18.9 Å². The highest BCUT2D eigenvalue weighted by atomic mass is 19.1. The number of likely N-dealkylation sites (tertiary alicyclic amines) is 1. The van der Waals surface area contributed by atoms with Gasteiger partial charge in [0.05, 0.1) is 26.2 Å². The molecule has 0 spiro atoms. The lowest BCUT2D eigenvalue weighted by atomic mass is 9.91. The van der Waals surface area contributed by atoms with Crippen LogP contribution in [0.25, 0.3) is 0 Å². The minimum atomic E-state index is -0.792. The summed E-state index contributed by atoms with van der Waals surface area (Å²) in [6.07, 6.45) is 1.43. The molecular weight excluding hydrogens is 349 g/mol. The highest BCUT2D eigenvalue weighted by molar-refractivity contribution is 5.70. The number of carboxylic acid groups (broad SMARTS) is 1. The Hall–Kier alpha value is -2.60. The maximum atomic E-state index is 14.4. The molecule has 144 valence electrons. The standard InChI is InChI=1S/C21H24FNO4/c1-26-18-8-4-3-7-16(18)20(14-9-10-19(27-2)17(22)12-14)23-11-5-6-15(13-23)21(24)25/h3-4,7-10,12,15,20H,5-6,11,13H2,1-2H3,(H,24,25). The van der Waals surface area contributed by atoms with Gasteiger partial charge in [0.15, 0.2) is 11.6 Å². The summed E-state index contributed by atoms with van der Waals surface area (Å²) in [7, 11) is 3.03. The van der Waals surface area contributed by atoms with E-state index in [0.717, 1.165) is 24.1 Å². The topological polar surface area (TPSA) is 59.0 Å². The van der Waals surface area contributed by atoms with Gasteiger partial charge in [-0.25, -0.2) is 4.39 Å². The molecule has 0 bridgehead atoms. The van der Waals surface area contributed by atoms with Crippen LogP contribution < -0.4 is 9.47 Å². The minimum Gasteiger partial charge on any atom is -0.496 e. The lowest BCUT2D eigenvalue weighted by molar-refractivity contribution is -0.143. The fraction of sp³-hybridized carbons (Fsp3) is 0.381. The zero-order chi connectivity index (χ0) is 19.4. The van der Waals surface area contributed by atoms with Crippen LogP contribution in [0.3, 0.4) is 0 Å². The van der Waals surface area contributed by atoms with Gasteiger partial charge >= 0.3 is 5.97 Å². The lowest BCUT2D eigenvalue weighted by Gasteiger charge is -2.38. The third-order valence-corrected chi connectivity index (χ3v) is 5.09. The fourth-order valence-corrected chi connectivity index (χ4v) is 3.77. The van der Waals surface area contributed by atoms with Gasteiger partial charge in [-0.1, -0.05) is 24.3 Å². The largest absolute Gasteiger partial charge is 0.496 e. The van der Waals surface area contributed by atoms with Crippen molar-refractivity contribution in [2.24, 2.45) is 5.92 Å². The molecule has 2 aromatic carbocycles. The molecule has 0 saturated carbocycles. The lowest BCUT2D eigenvalue weighted by Crippen LogP contribution is -2.41. The van der Waals surface area contributed by atoms with Gasteiger partial charge in [-0.2, -0.15) is 0 Å². The molecule has 2 aromatic rings. The van der Waals surface area contributed by atoms with Gasteiger partial charge in [-0.15, -0.1) is 0 Å². The predicted molar refractivity (Wildman–Crippen MR) is 99.7 cm³/mol. The van der Waals surface area contributed by atoms with Gasteiger partial charge in [0.2, 0.25) is 0 Å². The number of aliphatic carboxylic acids is 1. The number of carboxylic acids is 1. The number of para-hydroxylation sites is 1. The highest BCUT2D eigenvalue weighted by Gasteiger charge is 2.32. The maximum absolute atomic E-state index is 14.4. The van der Waals surface area contributed by atoms with Crippen molar-refractivity contribution >= 4 is 5.97 Å². The van der Waals surface area contributed by atoms with E-state index in [1.54, 1.807) is 13.2 Å². The molecule has 1 fully saturated rings. The fourth-order valence-electron chi connectivity index (χ4n) is 3.77. The molecule has 0 aliphatic carbocycles. The van der Waals surface area contributed by atoms with E-state index in [1.807, 2.05) is 30.3 Å². The molecule has 2 unspecified atom stereocenters. The first-order valence-corrected chi connectivity index (χ1v) is 8.98. The number of rotatable bonds is 6. The summed E-state index contributed by atoms with van der Waals surface area (Å²) in [6, 6.07) is 12.2. The second-order valence-corrected chi connectivity index (χ2v) is 6.71. The molecule has 5 nitrogen and oxygen atoms in total. The van der Waals surface area contributed by atoms with E-state index in [1.165, 1.54) is 13.2 Å². The summed E-state index contributed by atoms with van der Waals surface area (Å²) >= 11 is 0. The summed E-state index contributed by atoms with van der Waals surface area (Å²) in [5.74, 6) is -0.795. The number of carbonyl (C=O) groups is 1.